The number of rotatable bonds is 6. The van der Waals surface area contributed by atoms with Crippen LogP contribution in [-0.4, -0.2) is 43.4 Å². The highest BCUT2D eigenvalue weighted by atomic mass is 16.5. The van der Waals surface area contributed by atoms with E-state index in [1.165, 1.54) is 60.2 Å². The largest absolute Gasteiger partial charge is 0.508 e. The van der Waals surface area contributed by atoms with Crippen molar-refractivity contribution in [3.63, 3.8) is 0 Å². The van der Waals surface area contributed by atoms with Gasteiger partial charge in [0.1, 0.15) is 23.9 Å². The van der Waals surface area contributed by atoms with E-state index in [1.807, 2.05) is 24.3 Å². The van der Waals surface area contributed by atoms with E-state index in [0.29, 0.717) is 5.75 Å². The number of hydrogen-bond donors (Lipinski definition) is 1. The van der Waals surface area contributed by atoms with Gasteiger partial charge in [-0.05, 0) is 115 Å². The molecule has 1 atom stereocenters. The molecule has 1 aliphatic heterocycles. The number of piperidine rings is 1. The van der Waals surface area contributed by atoms with Gasteiger partial charge in [0.25, 0.3) is 0 Å². The van der Waals surface area contributed by atoms with Gasteiger partial charge in [0, 0.05) is 12.0 Å². The monoisotopic (exact) mass is 481 g/mol. The van der Waals surface area contributed by atoms with Gasteiger partial charge in [-0.15, -0.1) is 0 Å². The Morgan fingerprint density at radius 2 is 1.56 bits per heavy atom. The quantitative estimate of drug-likeness (QED) is 0.459. The number of phenols is 1. The minimum atomic E-state index is 0.00477. The lowest BCUT2D eigenvalue weighted by Crippen LogP contribution is -2.33. The van der Waals surface area contributed by atoms with Crippen LogP contribution in [0.3, 0.4) is 0 Å². The highest BCUT2D eigenvalue weighted by Gasteiger charge is 2.46. The maximum absolute atomic E-state index is 10.3. The van der Waals surface area contributed by atoms with E-state index in [9.17, 15) is 5.11 Å². The molecule has 0 radical (unpaired) electrons. The molecular formula is C32H35NO3. The van der Waals surface area contributed by atoms with Crippen molar-refractivity contribution in [1.29, 1.82) is 0 Å². The molecule has 186 valence electrons. The fourth-order valence-corrected chi connectivity index (χ4v) is 6.42. The van der Waals surface area contributed by atoms with Crippen LogP contribution in [0.4, 0.5) is 0 Å². The maximum atomic E-state index is 10.3. The molecule has 3 aromatic carbocycles. The van der Waals surface area contributed by atoms with Crippen LogP contribution in [0, 0.1) is 5.41 Å². The molecule has 0 bridgehead atoms. The van der Waals surface area contributed by atoms with Gasteiger partial charge < -0.3 is 14.6 Å². The Morgan fingerprint density at radius 3 is 2.36 bits per heavy atom. The number of allylic oxidation sites excluding steroid dienone is 1. The molecule has 4 heteroatoms. The summed E-state index contributed by atoms with van der Waals surface area (Å²) >= 11 is 0. The number of hydrogen-bond acceptors (Lipinski definition) is 4. The Morgan fingerprint density at radius 1 is 0.833 bits per heavy atom. The van der Waals surface area contributed by atoms with Gasteiger partial charge in [-0.1, -0.05) is 36.8 Å². The number of nitrogens with zero attached hydrogens (tertiary/aromatic N) is 1. The van der Waals surface area contributed by atoms with Crippen LogP contribution in [0.25, 0.3) is 11.6 Å². The minimum Gasteiger partial charge on any atom is -0.508 e. The van der Waals surface area contributed by atoms with E-state index in [0.717, 1.165) is 49.5 Å². The highest BCUT2D eigenvalue weighted by Crippen LogP contribution is 2.55. The Hall–Kier alpha value is -3.24. The molecular weight excluding hydrogens is 446 g/mol. The van der Waals surface area contributed by atoms with E-state index < -0.39 is 0 Å². The van der Waals surface area contributed by atoms with Crippen molar-refractivity contribution in [3.8, 4) is 17.2 Å². The second kappa shape index (κ2) is 9.67. The van der Waals surface area contributed by atoms with E-state index in [2.05, 4.69) is 47.4 Å². The average molecular weight is 482 g/mol. The van der Waals surface area contributed by atoms with Crippen LogP contribution in [0.1, 0.15) is 47.1 Å². The highest BCUT2D eigenvalue weighted by molar-refractivity contribution is 5.90. The van der Waals surface area contributed by atoms with Crippen molar-refractivity contribution in [2.24, 2.45) is 5.41 Å². The number of phenolic OH excluding ortho intramolecular Hbond substituents is 1. The predicted octanol–water partition coefficient (Wildman–Crippen LogP) is 6.15. The third-order valence-electron chi connectivity index (χ3n) is 8.27. The van der Waals surface area contributed by atoms with Crippen molar-refractivity contribution >= 4 is 11.6 Å². The normalized spacial score (nSPS) is 22.1. The number of ether oxygens (including phenoxy) is 2. The van der Waals surface area contributed by atoms with Crippen molar-refractivity contribution < 1.29 is 14.6 Å². The number of likely N-dealkylation sites (tertiary alicyclic amines) is 1. The maximum Gasteiger partial charge on any atom is 0.119 e. The summed E-state index contributed by atoms with van der Waals surface area (Å²) in [5, 5.41) is 10.3. The summed E-state index contributed by atoms with van der Waals surface area (Å²) in [5.74, 6) is 2.17. The first-order valence-corrected chi connectivity index (χ1v) is 13.3. The lowest BCUT2D eigenvalue weighted by Gasteiger charge is -2.26. The third-order valence-corrected chi connectivity index (χ3v) is 8.27. The molecule has 1 fully saturated rings. The number of methoxy groups -OCH3 is 1. The number of fused-ring (bicyclic) bond motifs is 2. The number of aromatic hydroxyl groups is 1. The zero-order chi connectivity index (χ0) is 24.5. The van der Waals surface area contributed by atoms with Crippen LogP contribution < -0.4 is 9.47 Å². The standard InChI is InChI=1S/C32H35NO3/c1-35-28-10-5-23(6-11-28)17-31-30-19-27(34)9-7-25(30)21-32(31)20-24-8-12-29(18-26(24)22-32)36-16-15-33-13-3-2-4-14-33/h5-12,17-19,34H,2-4,13-16,20-22H2,1H3/b31-17-. The van der Waals surface area contributed by atoms with Crippen LogP contribution >= 0.6 is 0 Å². The minimum absolute atomic E-state index is 0.00477. The third kappa shape index (κ3) is 4.51. The molecule has 1 spiro atoms. The van der Waals surface area contributed by atoms with E-state index in [1.54, 1.807) is 7.11 Å². The summed E-state index contributed by atoms with van der Waals surface area (Å²) < 4.78 is 11.6. The Balaban J connectivity index is 1.25. The van der Waals surface area contributed by atoms with E-state index >= 15 is 0 Å². The van der Waals surface area contributed by atoms with Gasteiger partial charge in [-0.3, -0.25) is 4.90 Å². The summed E-state index contributed by atoms with van der Waals surface area (Å²) in [6, 6.07) is 20.8. The fourth-order valence-electron chi connectivity index (χ4n) is 6.42. The van der Waals surface area contributed by atoms with Gasteiger partial charge in [0.15, 0.2) is 0 Å². The zero-order valence-electron chi connectivity index (χ0n) is 21.1. The average Bonchev–Trinajstić information content (AvgIpc) is 3.41. The van der Waals surface area contributed by atoms with Gasteiger partial charge >= 0.3 is 0 Å². The topological polar surface area (TPSA) is 41.9 Å². The molecule has 2 aliphatic carbocycles. The first-order valence-electron chi connectivity index (χ1n) is 13.3. The van der Waals surface area contributed by atoms with Gasteiger partial charge in [0.2, 0.25) is 0 Å². The van der Waals surface area contributed by atoms with Crippen LogP contribution in [0.5, 0.6) is 17.2 Å². The molecule has 1 N–H and O–H groups in total. The fraction of sp³-hybridized carbons (Fsp3) is 0.375. The molecule has 36 heavy (non-hydrogen) atoms. The van der Waals surface area contributed by atoms with Crippen LogP contribution in [0.2, 0.25) is 0 Å². The van der Waals surface area contributed by atoms with Crippen LogP contribution in [0.15, 0.2) is 60.7 Å². The van der Waals surface area contributed by atoms with Gasteiger partial charge in [-0.25, -0.2) is 0 Å². The van der Waals surface area contributed by atoms with Crippen molar-refractivity contribution in [1.82, 2.24) is 4.90 Å². The molecule has 0 aromatic heterocycles. The van der Waals surface area contributed by atoms with Crippen LogP contribution in [-0.2, 0) is 19.3 Å². The molecule has 3 aromatic rings. The second-order valence-electron chi connectivity index (χ2n) is 10.7. The van der Waals surface area contributed by atoms with E-state index in [-0.39, 0.29) is 5.41 Å². The smallest absolute Gasteiger partial charge is 0.119 e. The van der Waals surface area contributed by atoms with E-state index in [4.69, 9.17) is 9.47 Å². The van der Waals surface area contributed by atoms with Crippen molar-refractivity contribution in [2.45, 2.75) is 38.5 Å². The molecule has 3 aliphatic rings. The number of benzene rings is 3. The molecule has 0 amide bonds. The molecule has 4 nitrogen and oxygen atoms in total. The summed E-state index contributed by atoms with van der Waals surface area (Å²) in [6.07, 6.45) is 9.29. The van der Waals surface area contributed by atoms with Gasteiger partial charge in [-0.2, -0.15) is 0 Å². The summed E-state index contributed by atoms with van der Waals surface area (Å²) in [7, 11) is 1.69. The Kier molecular flexibility index (Phi) is 6.22. The van der Waals surface area contributed by atoms with Crippen molar-refractivity contribution in [2.75, 3.05) is 33.4 Å². The van der Waals surface area contributed by atoms with Gasteiger partial charge in [0.05, 0.1) is 7.11 Å². The molecule has 1 unspecified atom stereocenters. The summed E-state index contributed by atoms with van der Waals surface area (Å²) in [5.41, 5.74) is 7.78. The lowest BCUT2D eigenvalue weighted by molar-refractivity contribution is 0.183. The summed E-state index contributed by atoms with van der Waals surface area (Å²) in [6.45, 7) is 4.16. The first-order chi connectivity index (χ1) is 17.6. The Bertz CT molecular complexity index is 1270. The predicted molar refractivity (Wildman–Crippen MR) is 145 cm³/mol. The second-order valence-corrected chi connectivity index (χ2v) is 10.7. The van der Waals surface area contributed by atoms with Crippen molar-refractivity contribution in [3.05, 3.63) is 88.5 Å². The molecule has 1 heterocycles. The first kappa shape index (κ1) is 23.2. The molecule has 6 rings (SSSR count). The molecule has 1 saturated heterocycles. The molecule has 0 saturated carbocycles. The SMILES string of the molecule is COc1ccc(/C=C2/c3cc(O)ccc3CC23Cc2ccc(OCCN4CCCCC4)cc2C3)cc1. The zero-order valence-corrected chi connectivity index (χ0v) is 21.1. The summed E-state index contributed by atoms with van der Waals surface area (Å²) in [4.78, 5) is 2.52. The lowest BCUT2D eigenvalue weighted by atomic mass is 9.77. The Labute approximate surface area is 214 Å².